The van der Waals surface area contributed by atoms with Gasteiger partial charge in [-0.3, -0.25) is 10.1 Å². The van der Waals surface area contributed by atoms with E-state index in [0.29, 0.717) is 6.20 Å². The van der Waals surface area contributed by atoms with Crippen molar-refractivity contribution in [3.63, 3.8) is 0 Å². The molecular weight excluding hydrogens is 346 g/mol. The molecule has 5 nitrogen and oxygen atoms in total. The molecule has 2 rings (SSSR count). The molecular formula is C13H6F6N2O3. The summed E-state index contributed by atoms with van der Waals surface area (Å²) in [6.45, 7) is 0. The van der Waals surface area contributed by atoms with Crippen molar-refractivity contribution in [2.45, 2.75) is 12.5 Å². The summed E-state index contributed by atoms with van der Waals surface area (Å²) in [5, 5.41) is 11.0. The largest absolute Gasteiger partial charge is 0.573 e. The second-order valence-electron chi connectivity index (χ2n) is 4.39. The highest BCUT2D eigenvalue weighted by atomic mass is 19.4. The SMILES string of the molecule is O=[N+]([O-])c1cc(C(F)(F)F)cnc1-c1ccccc1OC(F)(F)F. The van der Waals surface area contributed by atoms with Gasteiger partial charge in [0.15, 0.2) is 5.69 Å². The van der Waals surface area contributed by atoms with Gasteiger partial charge in [-0.05, 0) is 12.1 Å². The van der Waals surface area contributed by atoms with E-state index in [9.17, 15) is 36.5 Å². The van der Waals surface area contributed by atoms with Crippen molar-refractivity contribution in [2.75, 3.05) is 0 Å². The molecule has 1 aromatic heterocycles. The predicted octanol–water partition coefficient (Wildman–Crippen LogP) is 4.57. The number of aromatic nitrogens is 1. The van der Waals surface area contributed by atoms with Crippen molar-refractivity contribution >= 4 is 5.69 Å². The summed E-state index contributed by atoms with van der Waals surface area (Å²) >= 11 is 0. The molecule has 0 aliphatic rings. The topological polar surface area (TPSA) is 65.3 Å². The standard InChI is InChI=1S/C13H6F6N2O3/c14-12(15,16)7-5-9(21(22)23)11(20-6-7)8-3-1-2-4-10(8)24-13(17,18)19/h1-6H. The lowest BCUT2D eigenvalue weighted by Gasteiger charge is -2.13. The van der Waals surface area contributed by atoms with E-state index in [2.05, 4.69) is 9.72 Å². The smallest absolute Gasteiger partial charge is 0.405 e. The minimum Gasteiger partial charge on any atom is -0.405 e. The van der Waals surface area contributed by atoms with Crippen molar-refractivity contribution in [3.05, 3.63) is 52.2 Å². The average molecular weight is 352 g/mol. The average Bonchev–Trinajstić information content (AvgIpc) is 2.44. The minimum absolute atomic E-state index is 0.201. The molecule has 0 atom stereocenters. The Bertz CT molecular complexity index is 773. The van der Waals surface area contributed by atoms with Crippen LogP contribution in [0.1, 0.15) is 5.56 Å². The zero-order valence-corrected chi connectivity index (χ0v) is 11.4. The summed E-state index contributed by atoms with van der Waals surface area (Å²) < 4.78 is 78.8. The van der Waals surface area contributed by atoms with Gasteiger partial charge in [-0.15, -0.1) is 13.2 Å². The van der Waals surface area contributed by atoms with Crippen molar-refractivity contribution in [1.82, 2.24) is 4.98 Å². The summed E-state index contributed by atoms with van der Waals surface area (Å²) in [5.41, 5.74) is -3.63. The third kappa shape index (κ3) is 3.91. The van der Waals surface area contributed by atoms with E-state index in [4.69, 9.17) is 0 Å². The van der Waals surface area contributed by atoms with Crippen molar-refractivity contribution in [3.8, 4) is 17.0 Å². The summed E-state index contributed by atoms with van der Waals surface area (Å²) in [5.74, 6) is -0.819. The number of rotatable bonds is 3. The highest BCUT2D eigenvalue weighted by Gasteiger charge is 2.36. The van der Waals surface area contributed by atoms with E-state index in [1.807, 2.05) is 0 Å². The first-order chi connectivity index (χ1) is 11.0. The molecule has 0 aliphatic heterocycles. The van der Waals surface area contributed by atoms with Gasteiger partial charge in [0, 0.05) is 17.8 Å². The third-order valence-electron chi connectivity index (χ3n) is 2.76. The van der Waals surface area contributed by atoms with Gasteiger partial charge in [0.25, 0.3) is 5.69 Å². The Labute approximate surface area is 129 Å². The van der Waals surface area contributed by atoms with Crippen molar-refractivity contribution in [2.24, 2.45) is 0 Å². The molecule has 11 heteroatoms. The van der Waals surface area contributed by atoms with Crippen molar-refractivity contribution in [1.29, 1.82) is 0 Å². The maximum absolute atomic E-state index is 12.6. The number of benzene rings is 1. The van der Waals surface area contributed by atoms with Crippen LogP contribution in [0.15, 0.2) is 36.5 Å². The highest BCUT2D eigenvalue weighted by Crippen LogP contribution is 2.39. The molecule has 0 spiro atoms. The molecule has 1 aromatic carbocycles. The van der Waals surface area contributed by atoms with Crippen LogP contribution in [0.4, 0.5) is 32.0 Å². The van der Waals surface area contributed by atoms with E-state index in [-0.39, 0.29) is 6.07 Å². The summed E-state index contributed by atoms with van der Waals surface area (Å²) in [6.07, 6.45) is -9.68. The molecule has 0 saturated carbocycles. The lowest BCUT2D eigenvalue weighted by Crippen LogP contribution is -2.17. The Morgan fingerprint density at radius 3 is 2.25 bits per heavy atom. The summed E-state index contributed by atoms with van der Waals surface area (Å²) in [7, 11) is 0. The number of alkyl halides is 6. The molecule has 0 aliphatic carbocycles. The van der Waals surface area contributed by atoms with Gasteiger partial charge in [0.05, 0.1) is 10.5 Å². The van der Waals surface area contributed by atoms with Gasteiger partial charge < -0.3 is 4.74 Å². The van der Waals surface area contributed by atoms with Crippen LogP contribution < -0.4 is 4.74 Å². The van der Waals surface area contributed by atoms with E-state index < -0.39 is 45.7 Å². The van der Waals surface area contributed by atoms with Crippen LogP contribution in [0.25, 0.3) is 11.3 Å². The minimum atomic E-state index is -5.09. The molecule has 0 unspecified atom stereocenters. The molecule has 2 aromatic rings. The molecule has 0 fully saturated rings. The van der Waals surface area contributed by atoms with E-state index >= 15 is 0 Å². The number of hydrogen-bond acceptors (Lipinski definition) is 4. The molecule has 0 bridgehead atoms. The van der Waals surface area contributed by atoms with Gasteiger partial charge in [-0.25, -0.2) is 4.98 Å². The number of ether oxygens (including phenoxy) is 1. The second kappa shape index (κ2) is 5.98. The second-order valence-corrected chi connectivity index (χ2v) is 4.39. The fraction of sp³-hybridized carbons (Fsp3) is 0.154. The fourth-order valence-electron chi connectivity index (χ4n) is 1.83. The van der Waals surface area contributed by atoms with Gasteiger partial charge in [0.2, 0.25) is 0 Å². The van der Waals surface area contributed by atoms with Crippen LogP contribution in [-0.4, -0.2) is 16.3 Å². The normalized spacial score (nSPS) is 12.1. The van der Waals surface area contributed by atoms with Gasteiger partial charge in [-0.1, -0.05) is 12.1 Å². The van der Waals surface area contributed by atoms with Crippen LogP contribution in [0.2, 0.25) is 0 Å². The number of nitro groups is 1. The number of hydrogen-bond donors (Lipinski definition) is 0. The number of nitrogens with zero attached hydrogens (tertiary/aromatic N) is 2. The number of pyridine rings is 1. The maximum Gasteiger partial charge on any atom is 0.573 e. The van der Waals surface area contributed by atoms with Crippen LogP contribution in [0.3, 0.4) is 0 Å². The van der Waals surface area contributed by atoms with Gasteiger partial charge >= 0.3 is 12.5 Å². The lowest BCUT2D eigenvalue weighted by molar-refractivity contribution is -0.384. The third-order valence-corrected chi connectivity index (χ3v) is 2.76. The van der Waals surface area contributed by atoms with Crippen LogP contribution in [0.5, 0.6) is 5.75 Å². The van der Waals surface area contributed by atoms with Crippen molar-refractivity contribution < 1.29 is 36.0 Å². The number of para-hydroxylation sites is 1. The van der Waals surface area contributed by atoms with Gasteiger partial charge in [-0.2, -0.15) is 13.2 Å². The molecule has 0 saturated heterocycles. The van der Waals surface area contributed by atoms with Crippen LogP contribution >= 0.6 is 0 Å². The Balaban J connectivity index is 2.63. The zero-order chi connectivity index (χ0) is 18.1. The first-order valence-electron chi connectivity index (χ1n) is 6.06. The van der Waals surface area contributed by atoms with Gasteiger partial charge in [0.1, 0.15) is 5.75 Å². The van der Waals surface area contributed by atoms with E-state index in [0.717, 1.165) is 12.1 Å². The molecule has 24 heavy (non-hydrogen) atoms. The Kier molecular flexibility index (Phi) is 4.36. The number of halogens is 6. The highest BCUT2D eigenvalue weighted by molar-refractivity contribution is 5.75. The quantitative estimate of drug-likeness (QED) is 0.461. The fourth-order valence-corrected chi connectivity index (χ4v) is 1.83. The zero-order valence-electron chi connectivity index (χ0n) is 11.4. The Hall–Kier alpha value is -2.85. The Morgan fingerprint density at radius 2 is 1.71 bits per heavy atom. The molecule has 0 radical (unpaired) electrons. The van der Waals surface area contributed by atoms with E-state index in [1.54, 1.807) is 0 Å². The summed E-state index contributed by atoms with van der Waals surface area (Å²) in [4.78, 5) is 13.2. The predicted molar refractivity (Wildman–Crippen MR) is 68.0 cm³/mol. The Morgan fingerprint density at radius 1 is 1.08 bits per heavy atom. The summed E-state index contributed by atoms with van der Waals surface area (Å²) in [6, 6.07) is 4.49. The molecule has 0 N–H and O–H groups in total. The molecule has 128 valence electrons. The first-order valence-corrected chi connectivity index (χ1v) is 6.06. The van der Waals surface area contributed by atoms with Crippen LogP contribution in [0, 0.1) is 10.1 Å². The van der Waals surface area contributed by atoms with Crippen LogP contribution in [-0.2, 0) is 6.18 Å². The lowest BCUT2D eigenvalue weighted by atomic mass is 10.1. The monoisotopic (exact) mass is 352 g/mol. The first kappa shape index (κ1) is 17.5. The molecule has 0 amide bonds. The van der Waals surface area contributed by atoms with E-state index in [1.165, 1.54) is 12.1 Å². The maximum atomic E-state index is 12.6. The molecule has 1 heterocycles.